The van der Waals surface area contributed by atoms with Gasteiger partial charge in [0.15, 0.2) is 0 Å². The average molecular weight is 305 g/mol. The van der Waals surface area contributed by atoms with E-state index in [0.29, 0.717) is 11.3 Å². The maximum Gasteiger partial charge on any atom is 0.315 e. The Morgan fingerprint density at radius 3 is 2.50 bits per heavy atom. The van der Waals surface area contributed by atoms with Gasteiger partial charge in [0, 0.05) is 10.9 Å². The van der Waals surface area contributed by atoms with Gasteiger partial charge in [0.05, 0.1) is 12.7 Å². The van der Waals surface area contributed by atoms with Crippen molar-refractivity contribution in [2.24, 2.45) is 0 Å². The third kappa shape index (κ3) is 3.08. The van der Waals surface area contributed by atoms with Crippen molar-refractivity contribution in [2.75, 3.05) is 7.11 Å². The van der Waals surface area contributed by atoms with E-state index < -0.39 is 11.3 Å². The van der Waals surface area contributed by atoms with Crippen LogP contribution < -0.4 is 4.74 Å². The van der Waals surface area contributed by atoms with Gasteiger partial charge in [-0.2, -0.15) is 0 Å². The zero-order valence-electron chi connectivity index (χ0n) is 12.5. The van der Waals surface area contributed by atoms with Gasteiger partial charge in [0.1, 0.15) is 5.75 Å². The van der Waals surface area contributed by atoms with Gasteiger partial charge in [-0.15, -0.1) is 0 Å². The molecule has 0 spiro atoms. The Labute approximate surface area is 128 Å². The summed E-state index contributed by atoms with van der Waals surface area (Å²) in [6.45, 7) is 2.04. The summed E-state index contributed by atoms with van der Waals surface area (Å²) in [6.07, 6.45) is 1.70. The van der Waals surface area contributed by atoms with Crippen LogP contribution in [0.1, 0.15) is 29.3 Å². The van der Waals surface area contributed by atoms with E-state index in [9.17, 15) is 13.8 Å². The Morgan fingerprint density at radius 2 is 1.86 bits per heavy atom. The highest BCUT2D eigenvalue weighted by Crippen LogP contribution is 2.36. The second-order valence-corrected chi connectivity index (χ2v) is 4.83. The summed E-state index contributed by atoms with van der Waals surface area (Å²) >= 11 is 0. The van der Waals surface area contributed by atoms with Gasteiger partial charge >= 0.3 is 5.91 Å². The lowest BCUT2D eigenvalue weighted by Gasteiger charge is -2.16. The molecule has 0 fully saturated rings. The molecule has 2 rings (SSSR count). The molecule has 0 saturated carbocycles. The number of carbonyl (C=O) groups excluding carboxylic acids is 1. The maximum atomic E-state index is 12.7. The largest absolute Gasteiger partial charge is 0.496 e. The molecule has 0 saturated heterocycles. The van der Waals surface area contributed by atoms with Gasteiger partial charge in [-0.25, -0.2) is 0 Å². The average Bonchev–Trinajstić information content (AvgIpc) is 2.54. The number of nitrogens with zero attached hydrogens (tertiary/aromatic N) is 1. The third-order valence-electron chi connectivity index (χ3n) is 3.44. The molecule has 0 bridgehead atoms. The SMILES string of the molecule is CCCc1ccccc1-c1c(OC)cccc1C(=O)N(F)F. The smallest absolute Gasteiger partial charge is 0.315 e. The van der Waals surface area contributed by atoms with E-state index in [-0.39, 0.29) is 5.56 Å². The van der Waals surface area contributed by atoms with Crippen LogP contribution in [0, 0.1) is 0 Å². The topological polar surface area (TPSA) is 29.5 Å². The molecule has 2 aromatic rings. The van der Waals surface area contributed by atoms with Crippen molar-refractivity contribution in [1.82, 2.24) is 5.34 Å². The highest BCUT2D eigenvalue weighted by Gasteiger charge is 2.23. The Bertz CT molecular complexity index is 671. The molecule has 2 aromatic carbocycles. The lowest BCUT2D eigenvalue weighted by atomic mass is 9.92. The first-order chi connectivity index (χ1) is 10.6. The van der Waals surface area contributed by atoms with Crippen molar-refractivity contribution in [3.63, 3.8) is 0 Å². The zero-order valence-corrected chi connectivity index (χ0v) is 12.5. The van der Waals surface area contributed by atoms with E-state index in [2.05, 4.69) is 0 Å². The minimum atomic E-state index is -1.40. The molecule has 0 aliphatic heterocycles. The van der Waals surface area contributed by atoms with Crippen molar-refractivity contribution in [3.05, 3.63) is 53.6 Å². The van der Waals surface area contributed by atoms with Crippen molar-refractivity contribution in [1.29, 1.82) is 0 Å². The molecule has 3 nitrogen and oxygen atoms in total. The van der Waals surface area contributed by atoms with E-state index in [1.165, 1.54) is 19.2 Å². The fraction of sp³-hybridized carbons (Fsp3) is 0.235. The molecule has 5 heteroatoms. The van der Waals surface area contributed by atoms with E-state index >= 15 is 0 Å². The van der Waals surface area contributed by atoms with Crippen molar-refractivity contribution in [2.45, 2.75) is 19.8 Å². The number of rotatable bonds is 5. The standard InChI is InChI=1S/C17H17F2NO2/c1-3-7-12-8-4-5-9-13(12)16-14(17(21)20(18)19)10-6-11-15(16)22-2/h4-6,8-11H,3,7H2,1-2H3. The highest BCUT2D eigenvalue weighted by molar-refractivity contribution is 6.01. The summed E-state index contributed by atoms with van der Waals surface area (Å²) in [5.41, 5.74) is 2.06. The molecular weight excluding hydrogens is 288 g/mol. The molecule has 22 heavy (non-hydrogen) atoms. The summed E-state index contributed by atoms with van der Waals surface area (Å²) in [6, 6.07) is 12.0. The number of hydrogen-bond donors (Lipinski definition) is 0. The van der Waals surface area contributed by atoms with Crippen LogP contribution in [-0.4, -0.2) is 18.4 Å². The molecule has 0 heterocycles. The van der Waals surface area contributed by atoms with Gasteiger partial charge in [-0.05, 0) is 29.7 Å². The molecule has 1 amide bonds. The normalized spacial score (nSPS) is 10.4. The van der Waals surface area contributed by atoms with E-state index in [1.807, 2.05) is 31.2 Å². The first-order valence-corrected chi connectivity index (χ1v) is 7.01. The first-order valence-electron chi connectivity index (χ1n) is 7.01. The first kappa shape index (κ1) is 15.9. The fourth-order valence-corrected chi connectivity index (χ4v) is 2.50. The number of amides is 1. The van der Waals surface area contributed by atoms with Gasteiger partial charge in [-0.3, -0.25) is 4.79 Å². The lowest BCUT2D eigenvalue weighted by molar-refractivity contribution is -0.108. The van der Waals surface area contributed by atoms with Crippen molar-refractivity contribution < 1.29 is 18.5 Å². The lowest BCUT2D eigenvalue weighted by Crippen LogP contribution is -2.15. The summed E-state index contributed by atoms with van der Waals surface area (Å²) < 4.78 is 30.8. The molecule has 0 aliphatic rings. The van der Waals surface area contributed by atoms with Crippen LogP contribution in [0.4, 0.5) is 8.96 Å². The number of methoxy groups -OCH3 is 1. The molecular formula is C17H17F2NO2. The van der Waals surface area contributed by atoms with E-state index in [1.54, 1.807) is 6.07 Å². The van der Waals surface area contributed by atoms with Gasteiger partial charge < -0.3 is 4.74 Å². The predicted octanol–water partition coefficient (Wildman–Crippen LogP) is 4.53. The van der Waals surface area contributed by atoms with Crippen molar-refractivity contribution >= 4 is 5.91 Å². The van der Waals surface area contributed by atoms with Crippen LogP contribution in [0.5, 0.6) is 5.75 Å². The molecule has 0 aliphatic carbocycles. The second kappa shape index (κ2) is 7.02. The Kier molecular flexibility index (Phi) is 5.09. The highest BCUT2D eigenvalue weighted by atomic mass is 19.4. The van der Waals surface area contributed by atoms with Gasteiger partial charge in [0.2, 0.25) is 0 Å². The number of halogens is 2. The van der Waals surface area contributed by atoms with Gasteiger partial charge in [-0.1, -0.05) is 52.6 Å². The molecule has 116 valence electrons. The third-order valence-corrected chi connectivity index (χ3v) is 3.44. The van der Waals surface area contributed by atoms with E-state index in [0.717, 1.165) is 24.0 Å². The molecule has 0 atom stereocenters. The number of aryl methyl sites for hydroxylation is 1. The Balaban J connectivity index is 2.70. The molecule has 0 aromatic heterocycles. The maximum absolute atomic E-state index is 12.7. The summed E-state index contributed by atoms with van der Waals surface area (Å²) in [7, 11) is 1.46. The summed E-state index contributed by atoms with van der Waals surface area (Å²) in [5, 5.41) is -1.40. The van der Waals surface area contributed by atoms with Gasteiger partial charge in [0.25, 0.3) is 0 Å². The van der Waals surface area contributed by atoms with E-state index in [4.69, 9.17) is 4.74 Å². The quantitative estimate of drug-likeness (QED) is 0.760. The summed E-state index contributed by atoms with van der Waals surface area (Å²) in [5.74, 6) is -0.948. The second-order valence-electron chi connectivity index (χ2n) is 4.83. The Hall–Kier alpha value is -2.43. The van der Waals surface area contributed by atoms with Crippen LogP contribution >= 0.6 is 0 Å². The summed E-state index contributed by atoms with van der Waals surface area (Å²) in [4.78, 5) is 11.8. The number of ether oxygens (including phenoxy) is 1. The minimum Gasteiger partial charge on any atom is -0.496 e. The number of carbonyl (C=O) groups is 1. The minimum absolute atomic E-state index is 0.0760. The molecule has 0 N–H and O–H groups in total. The zero-order chi connectivity index (χ0) is 16.1. The number of benzene rings is 2. The van der Waals surface area contributed by atoms with Crippen LogP contribution in [0.3, 0.4) is 0 Å². The Morgan fingerprint density at radius 1 is 1.14 bits per heavy atom. The monoisotopic (exact) mass is 305 g/mol. The molecule has 0 unspecified atom stereocenters. The van der Waals surface area contributed by atoms with Crippen LogP contribution in [-0.2, 0) is 6.42 Å². The van der Waals surface area contributed by atoms with Crippen molar-refractivity contribution in [3.8, 4) is 16.9 Å². The fourth-order valence-electron chi connectivity index (χ4n) is 2.50. The molecule has 0 radical (unpaired) electrons. The van der Waals surface area contributed by atoms with Crippen LogP contribution in [0.2, 0.25) is 0 Å². The number of hydrogen-bond acceptors (Lipinski definition) is 2. The van der Waals surface area contributed by atoms with Crippen LogP contribution in [0.25, 0.3) is 11.1 Å². The predicted molar refractivity (Wildman–Crippen MR) is 80.8 cm³/mol. The van der Waals surface area contributed by atoms with Crippen LogP contribution in [0.15, 0.2) is 42.5 Å².